The highest BCUT2D eigenvalue weighted by Gasteiger charge is 2.27. The van der Waals surface area contributed by atoms with Crippen molar-refractivity contribution < 1.29 is 14.3 Å². The Morgan fingerprint density at radius 2 is 1.70 bits per heavy atom. The summed E-state index contributed by atoms with van der Waals surface area (Å²) >= 11 is 0. The molecule has 1 aromatic carbocycles. The van der Waals surface area contributed by atoms with Crippen LogP contribution in [0.5, 0.6) is 0 Å². The van der Waals surface area contributed by atoms with E-state index in [9.17, 15) is 4.79 Å². The molecule has 0 atom stereocenters. The van der Waals surface area contributed by atoms with Gasteiger partial charge in [-0.1, -0.05) is 18.2 Å². The van der Waals surface area contributed by atoms with Crippen molar-refractivity contribution in [3.63, 3.8) is 0 Å². The Bertz CT molecular complexity index is 482. The van der Waals surface area contributed by atoms with Gasteiger partial charge >= 0.3 is 0 Å². The normalized spacial score (nSPS) is 20.3. The van der Waals surface area contributed by atoms with Crippen LogP contribution in [0.2, 0.25) is 0 Å². The van der Waals surface area contributed by atoms with Gasteiger partial charge in [-0.05, 0) is 25.0 Å². The smallest absolute Gasteiger partial charge is 0.254 e. The largest absolute Gasteiger partial charge is 0.381 e. The second-order valence-electron chi connectivity index (χ2n) is 6.16. The van der Waals surface area contributed by atoms with Gasteiger partial charge in [0.2, 0.25) is 0 Å². The van der Waals surface area contributed by atoms with Gasteiger partial charge in [0.25, 0.3) is 5.91 Å². The molecule has 2 fully saturated rings. The average Bonchev–Trinajstić information content (AvgIpc) is 2.64. The Labute approximate surface area is 138 Å². The van der Waals surface area contributed by atoms with Crippen molar-refractivity contribution in [1.82, 2.24) is 9.80 Å². The summed E-state index contributed by atoms with van der Waals surface area (Å²) in [6, 6.07) is 9.91. The number of hydrogen-bond donors (Lipinski definition) is 0. The van der Waals surface area contributed by atoms with Crippen LogP contribution >= 0.6 is 0 Å². The van der Waals surface area contributed by atoms with E-state index >= 15 is 0 Å². The summed E-state index contributed by atoms with van der Waals surface area (Å²) in [5.41, 5.74) is 0.779. The lowest BCUT2D eigenvalue weighted by molar-refractivity contribution is 0.0141. The fourth-order valence-electron chi connectivity index (χ4n) is 3.27. The van der Waals surface area contributed by atoms with Gasteiger partial charge < -0.3 is 14.4 Å². The maximum Gasteiger partial charge on any atom is 0.254 e. The third-order valence-corrected chi connectivity index (χ3v) is 4.67. The molecule has 2 heterocycles. The lowest BCUT2D eigenvalue weighted by atomic mass is 10.1. The number of carbonyl (C=O) groups is 1. The fraction of sp³-hybridized carbons (Fsp3) is 0.611. The van der Waals surface area contributed by atoms with Crippen LogP contribution in [-0.4, -0.2) is 74.4 Å². The quantitative estimate of drug-likeness (QED) is 0.828. The fourth-order valence-corrected chi connectivity index (χ4v) is 3.27. The van der Waals surface area contributed by atoms with Crippen LogP contribution < -0.4 is 0 Å². The number of nitrogens with zero attached hydrogens (tertiary/aromatic N) is 2. The van der Waals surface area contributed by atoms with Gasteiger partial charge in [-0.25, -0.2) is 0 Å². The first-order valence-corrected chi connectivity index (χ1v) is 8.58. The Kier molecular flexibility index (Phi) is 6.02. The first-order chi connectivity index (χ1) is 11.3. The van der Waals surface area contributed by atoms with Crippen molar-refractivity contribution in [2.45, 2.75) is 18.9 Å². The predicted octanol–water partition coefficient (Wildman–Crippen LogP) is 1.64. The Morgan fingerprint density at radius 1 is 1.04 bits per heavy atom. The molecule has 1 aromatic rings. The molecule has 2 aliphatic heterocycles. The third kappa shape index (κ3) is 4.53. The van der Waals surface area contributed by atoms with Gasteiger partial charge in [0, 0.05) is 51.0 Å². The first-order valence-electron chi connectivity index (χ1n) is 8.58. The predicted molar refractivity (Wildman–Crippen MR) is 88.6 cm³/mol. The summed E-state index contributed by atoms with van der Waals surface area (Å²) in [5.74, 6) is 0.144. The van der Waals surface area contributed by atoms with E-state index in [1.807, 2.05) is 30.3 Å². The van der Waals surface area contributed by atoms with E-state index in [1.165, 1.54) is 0 Å². The van der Waals surface area contributed by atoms with Gasteiger partial charge in [0.05, 0.1) is 13.2 Å². The average molecular weight is 318 g/mol. The molecule has 5 heteroatoms. The molecule has 0 bridgehead atoms. The van der Waals surface area contributed by atoms with Crippen LogP contribution in [0.1, 0.15) is 23.2 Å². The molecule has 5 nitrogen and oxygen atoms in total. The number of benzene rings is 1. The molecule has 3 rings (SSSR count). The molecule has 0 unspecified atom stereocenters. The van der Waals surface area contributed by atoms with E-state index in [2.05, 4.69) is 9.80 Å². The Hall–Kier alpha value is -1.43. The summed E-state index contributed by atoms with van der Waals surface area (Å²) in [4.78, 5) is 17.4. The summed E-state index contributed by atoms with van der Waals surface area (Å²) in [5, 5.41) is 0. The lowest BCUT2D eigenvalue weighted by Gasteiger charge is -2.36. The summed E-state index contributed by atoms with van der Waals surface area (Å²) in [6.45, 7) is 6.70. The molecular formula is C18H26N2O3. The molecule has 0 aliphatic carbocycles. The van der Waals surface area contributed by atoms with E-state index in [0.29, 0.717) is 0 Å². The molecule has 2 saturated heterocycles. The molecule has 126 valence electrons. The van der Waals surface area contributed by atoms with E-state index in [-0.39, 0.29) is 11.9 Å². The molecule has 0 aromatic heterocycles. The topological polar surface area (TPSA) is 42.0 Å². The minimum atomic E-state index is 0.144. The maximum atomic E-state index is 13.0. The Morgan fingerprint density at radius 3 is 2.39 bits per heavy atom. The molecule has 0 saturated carbocycles. The number of morpholine rings is 1. The highest BCUT2D eigenvalue weighted by molar-refractivity contribution is 5.94. The zero-order chi connectivity index (χ0) is 15.9. The summed E-state index contributed by atoms with van der Waals surface area (Å²) < 4.78 is 10.9. The highest BCUT2D eigenvalue weighted by Crippen LogP contribution is 2.18. The van der Waals surface area contributed by atoms with Crippen molar-refractivity contribution in [2.75, 3.05) is 52.6 Å². The summed E-state index contributed by atoms with van der Waals surface area (Å²) in [6.07, 6.45) is 1.86. The molecule has 0 N–H and O–H groups in total. The number of hydrogen-bond acceptors (Lipinski definition) is 4. The highest BCUT2D eigenvalue weighted by atomic mass is 16.5. The van der Waals surface area contributed by atoms with E-state index in [4.69, 9.17) is 9.47 Å². The van der Waals surface area contributed by atoms with Crippen molar-refractivity contribution >= 4 is 5.91 Å². The zero-order valence-electron chi connectivity index (χ0n) is 13.7. The van der Waals surface area contributed by atoms with Crippen LogP contribution in [0.4, 0.5) is 0 Å². The van der Waals surface area contributed by atoms with E-state index in [1.54, 1.807) is 0 Å². The summed E-state index contributed by atoms with van der Waals surface area (Å²) in [7, 11) is 0. The SMILES string of the molecule is O=C(c1ccccc1)N(CCN1CCOCC1)C1CCOCC1. The van der Waals surface area contributed by atoms with Crippen molar-refractivity contribution in [3.05, 3.63) is 35.9 Å². The number of amides is 1. The molecule has 1 amide bonds. The second-order valence-corrected chi connectivity index (χ2v) is 6.16. The van der Waals surface area contributed by atoms with Crippen LogP contribution in [0.25, 0.3) is 0 Å². The zero-order valence-corrected chi connectivity index (χ0v) is 13.7. The molecule has 2 aliphatic rings. The number of ether oxygens (including phenoxy) is 2. The van der Waals surface area contributed by atoms with Gasteiger partial charge in [-0.3, -0.25) is 9.69 Å². The molecule has 0 radical (unpaired) electrons. The third-order valence-electron chi connectivity index (χ3n) is 4.67. The van der Waals surface area contributed by atoms with Gasteiger partial charge in [-0.15, -0.1) is 0 Å². The molecule has 0 spiro atoms. The van der Waals surface area contributed by atoms with E-state index < -0.39 is 0 Å². The monoisotopic (exact) mass is 318 g/mol. The van der Waals surface area contributed by atoms with Crippen LogP contribution in [0, 0.1) is 0 Å². The number of rotatable bonds is 5. The lowest BCUT2D eigenvalue weighted by Crippen LogP contribution is -2.48. The van der Waals surface area contributed by atoms with E-state index in [0.717, 1.165) is 71.0 Å². The van der Waals surface area contributed by atoms with Crippen LogP contribution in [-0.2, 0) is 9.47 Å². The van der Waals surface area contributed by atoms with Crippen molar-refractivity contribution in [2.24, 2.45) is 0 Å². The van der Waals surface area contributed by atoms with Crippen molar-refractivity contribution in [1.29, 1.82) is 0 Å². The molecule has 23 heavy (non-hydrogen) atoms. The number of carbonyl (C=O) groups excluding carboxylic acids is 1. The standard InChI is InChI=1S/C18H26N2O3/c21-18(16-4-2-1-3-5-16)20(17-6-12-22-13-7-17)9-8-19-10-14-23-15-11-19/h1-5,17H,6-15H2. The van der Waals surface area contributed by atoms with Gasteiger partial charge in [0.15, 0.2) is 0 Å². The maximum absolute atomic E-state index is 13.0. The van der Waals surface area contributed by atoms with Gasteiger partial charge in [-0.2, -0.15) is 0 Å². The Balaban J connectivity index is 1.66. The minimum Gasteiger partial charge on any atom is -0.381 e. The minimum absolute atomic E-state index is 0.144. The first kappa shape index (κ1) is 16.4. The second kappa shape index (κ2) is 8.43. The molecular weight excluding hydrogens is 292 g/mol. The van der Waals surface area contributed by atoms with Crippen LogP contribution in [0.15, 0.2) is 30.3 Å². The van der Waals surface area contributed by atoms with Crippen molar-refractivity contribution in [3.8, 4) is 0 Å². The van der Waals surface area contributed by atoms with Crippen LogP contribution in [0.3, 0.4) is 0 Å². The van der Waals surface area contributed by atoms with Gasteiger partial charge in [0.1, 0.15) is 0 Å².